The number of rotatable bonds is 1. The molecule has 0 aliphatic carbocycles. The molecule has 0 atom stereocenters. The van der Waals surface area contributed by atoms with Crippen LogP contribution < -0.4 is 10.4 Å². The maximum atomic E-state index is 6.10. The minimum atomic E-state index is -0.275. The second kappa shape index (κ2) is 4.00. The fourth-order valence-electron chi connectivity index (χ4n) is 2.68. The van der Waals surface area contributed by atoms with Crippen LogP contribution in [0.4, 0.5) is 5.69 Å². The summed E-state index contributed by atoms with van der Waals surface area (Å²) in [6.45, 7) is 9.46. The molecule has 0 saturated carbocycles. The highest BCUT2D eigenvalue weighted by Crippen LogP contribution is 2.37. The normalized spacial score (nSPS) is 23.8. The molecule has 2 heterocycles. The first kappa shape index (κ1) is 13.0. The van der Waals surface area contributed by atoms with Gasteiger partial charge in [0.05, 0.1) is 11.2 Å². The van der Waals surface area contributed by atoms with Crippen LogP contribution in [0.2, 0.25) is 0 Å². The second-order valence-electron chi connectivity index (χ2n) is 6.65. The molecule has 2 aliphatic rings. The van der Waals surface area contributed by atoms with Gasteiger partial charge in [0, 0.05) is 19.3 Å². The van der Waals surface area contributed by atoms with Gasteiger partial charge in [-0.05, 0) is 51.2 Å². The van der Waals surface area contributed by atoms with Gasteiger partial charge in [0.25, 0.3) is 0 Å². The lowest BCUT2D eigenvalue weighted by atomic mass is 9.78. The lowest BCUT2D eigenvalue weighted by Crippen LogP contribution is -2.41. The van der Waals surface area contributed by atoms with E-state index < -0.39 is 0 Å². The standard InChI is InChI=1S/C15H22BNO2/c1-14(2)15(3,4)19-16(18-14)12-7-6-11-8-9-17(5)13(11)10-12/h6-7,10H,8-9H2,1-5H3. The molecule has 3 rings (SSSR count). The highest BCUT2D eigenvalue weighted by atomic mass is 16.7. The van der Waals surface area contributed by atoms with E-state index in [1.165, 1.54) is 11.3 Å². The van der Waals surface area contributed by atoms with Crippen molar-refractivity contribution in [3.8, 4) is 0 Å². The molecule has 1 saturated heterocycles. The molecule has 3 nitrogen and oxygen atoms in total. The summed E-state index contributed by atoms with van der Waals surface area (Å²) in [5.74, 6) is 0. The Bertz CT molecular complexity index is 497. The van der Waals surface area contributed by atoms with Gasteiger partial charge in [-0.2, -0.15) is 0 Å². The van der Waals surface area contributed by atoms with Crippen LogP contribution in [0, 0.1) is 0 Å². The van der Waals surface area contributed by atoms with Crippen LogP contribution >= 0.6 is 0 Å². The SMILES string of the molecule is CN1CCc2ccc(B3OC(C)(C)C(C)(C)O3)cc21. The molecule has 0 radical (unpaired) electrons. The molecule has 1 fully saturated rings. The molecule has 0 bridgehead atoms. The van der Waals surface area contributed by atoms with Gasteiger partial charge in [0.1, 0.15) is 0 Å². The van der Waals surface area contributed by atoms with Crippen molar-refractivity contribution in [3.05, 3.63) is 23.8 Å². The maximum absolute atomic E-state index is 6.10. The van der Waals surface area contributed by atoms with Crippen LogP contribution in [-0.2, 0) is 15.7 Å². The Morgan fingerprint density at radius 3 is 2.37 bits per heavy atom. The molecule has 0 amide bonds. The van der Waals surface area contributed by atoms with E-state index in [1.807, 2.05) is 0 Å². The number of benzene rings is 1. The summed E-state index contributed by atoms with van der Waals surface area (Å²) in [5, 5.41) is 0. The second-order valence-corrected chi connectivity index (χ2v) is 6.65. The van der Waals surface area contributed by atoms with E-state index in [1.54, 1.807) is 0 Å². The van der Waals surface area contributed by atoms with E-state index in [0.717, 1.165) is 18.4 Å². The highest BCUT2D eigenvalue weighted by Gasteiger charge is 2.51. The zero-order valence-corrected chi connectivity index (χ0v) is 12.5. The van der Waals surface area contributed by atoms with E-state index in [-0.39, 0.29) is 18.3 Å². The molecule has 0 N–H and O–H groups in total. The van der Waals surface area contributed by atoms with Crippen molar-refractivity contribution >= 4 is 18.3 Å². The van der Waals surface area contributed by atoms with Gasteiger partial charge < -0.3 is 14.2 Å². The molecule has 1 aromatic carbocycles. The molecule has 102 valence electrons. The number of hydrogen-bond acceptors (Lipinski definition) is 3. The molecule has 0 unspecified atom stereocenters. The third-order valence-corrected chi connectivity index (χ3v) is 4.76. The van der Waals surface area contributed by atoms with Crippen molar-refractivity contribution < 1.29 is 9.31 Å². The summed E-state index contributed by atoms with van der Waals surface area (Å²) in [6.07, 6.45) is 1.13. The number of anilines is 1. The van der Waals surface area contributed by atoms with Crippen molar-refractivity contribution in [1.29, 1.82) is 0 Å². The Labute approximate surface area is 116 Å². The van der Waals surface area contributed by atoms with E-state index >= 15 is 0 Å². The van der Waals surface area contributed by atoms with Crippen LogP contribution in [0.1, 0.15) is 33.3 Å². The minimum absolute atomic E-state index is 0.260. The van der Waals surface area contributed by atoms with Crippen molar-refractivity contribution in [2.75, 3.05) is 18.5 Å². The zero-order valence-electron chi connectivity index (χ0n) is 12.5. The fourth-order valence-corrected chi connectivity index (χ4v) is 2.68. The fraction of sp³-hybridized carbons (Fsp3) is 0.600. The Morgan fingerprint density at radius 2 is 1.74 bits per heavy atom. The highest BCUT2D eigenvalue weighted by molar-refractivity contribution is 6.62. The predicted octanol–water partition coefficient (Wildman–Crippen LogP) is 1.98. The Hall–Kier alpha value is -0.995. The molecule has 2 aliphatic heterocycles. The van der Waals surface area contributed by atoms with Crippen LogP contribution in [0.25, 0.3) is 0 Å². The van der Waals surface area contributed by atoms with Crippen LogP contribution in [0.15, 0.2) is 18.2 Å². The van der Waals surface area contributed by atoms with Crippen LogP contribution in [0.5, 0.6) is 0 Å². The Kier molecular flexibility index (Phi) is 2.74. The summed E-state index contributed by atoms with van der Waals surface area (Å²) in [6, 6.07) is 6.56. The topological polar surface area (TPSA) is 21.7 Å². The van der Waals surface area contributed by atoms with Crippen LogP contribution in [0.3, 0.4) is 0 Å². The van der Waals surface area contributed by atoms with Gasteiger partial charge in [-0.1, -0.05) is 12.1 Å². The number of hydrogen-bond donors (Lipinski definition) is 0. The van der Waals surface area contributed by atoms with Crippen molar-refractivity contribution in [3.63, 3.8) is 0 Å². The Balaban J connectivity index is 1.91. The summed E-state index contributed by atoms with van der Waals surface area (Å²) >= 11 is 0. The summed E-state index contributed by atoms with van der Waals surface area (Å²) in [4.78, 5) is 2.30. The first-order valence-electron chi connectivity index (χ1n) is 7.00. The third-order valence-electron chi connectivity index (χ3n) is 4.76. The molecule has 19 heavy (non-hydrogen) atoms. The van der Waals surface area contributed by atoms with Gasteiger partial charge in [0.2, 0.25) is 0 Å². The molecule has 1 aromatic rings. The van der Waals surface area contributed by atoms with Gasteiger partial charge in [-0.25, -0.2) is 0 Å². The lowest BCUT2D eigenvalue weighted by molar-refractivity contribution is 0.00578. The lowest BCUT2D eigenvalue weighted by Gasteiger charge is -2.32. The van der Waals surface area contributed by atoms with E-state index in [0.29, 0.717) is 0 Å². The molecule has 4 heteroatoms. The van der Waals surface area contributed by atoms with Gasteiger partial charge >= 0.3 is 7.12 Å². The van der Waals surface area contributed by atoms with Crippen molar-refractivity contribution in [1.82, 2.24) is 0 Å². The maximum Gasteiger partial charge on any atom is 0.494 e. The van der Waals surface area contributed by atoms with Gasteiger partial charge in [-0.3, -0.25) is 0 Å². The van der Waals surface area contributed by atoms with E-state index in [9.17, 15) is 0 Å². The average Bonchev–Trinajstić information content (AvgIpc) is 2.78. The van der Waals surface area contributed by atoms with Crippen molar-refractivity contribution in [2.24, 2.45) is 0 Å². The molecular formula is C15H22BNO2. The smallest absolute Gasteiger partial charge is 0.399 e. The average molecular weight is 259 g/mol. The molecule has 0 aromatic heterocycles. The summed E-state index contributed by atoms with van der Waals surface area (Å²) in [5.41, 5.74) is 3.30. The third kappa shape index (κ3) is 1.98. The largest absolute Gasteiger partial charge is 0.494 e. The summed E-state index contributed by atoms with van der Waals surface area (Å²) in [7, 11) is 1.88. The van der Waals surface area contributed by atoms with Gasteiger partial charge in [0.15, 0.2) is 0 Å². The van der Waals surface area contributed by atoms with Gasteiger partial charge in [-0.15, -0.1) is 0 Å². The number of fused-ring (bicyclic) bond motifs is 1. The molecule has 0 spiro atoms. The number of likely N-dealkylation sites (N-methyl/N-ethyl adjacent to an activating group) is 1. The van der Waals surface area contributed by atoms with Crippen LogP contribution in [-0.4, -0.2) is 31.9 Å². The molecular weight excluding hydrogens is 237 g/mol. The quantitative estimate of drug-likeness (QED) is 0.720. The van der Waals surface area contributed by atoms with E-state index in [4.69, 9.17) is 9.31 Å². The van der Waals surface area contributed by atoms with E-state index in [2.05, 4.69) is 57.8 Å². The predicted molar refractivity (Wildman–Crippen MR) is 79.1 cm³/mol. The number of nitrogens with zero attached hydrogens (tertiary/aromatic N) is 1. The summed E-state index contributed by atoms with van der Waals surface area (Å²) < 4.78 is 12.2. The first-order valence-corrected chi connectivity index (χ1v) is 7.00. The van der Waals surface area contributed by atoms with Crippen molar-refractivity contribution in [2.45, 2.75) is 45.3 Å². The zero-order chi connectivity index (χ0) is 13.8. The monoisotopic (exact) mass is 259 g/mol. The Morgan fingerprint density at radius 1 is 1.11 bits per heavy atom. The minimum Gasteiger partial charge on any atom is -0.399 e. The first-order chi connectivity index (χ1) is 8.80.